The fourth-order valence-corrected chi connectivity index (χ4v) is 1.21. The van der Waals surface area contributed by atoms with Gasteiger partial charge in [0.2, 0.25) is 0 Å². The van der Waals surface area contributed by atoms with E-state index >= 15 is 0 Å². The van der Waals surface area contributed by atoms with Gasteiger partial charge in [-0.2, -0.15) is 0 Å². The summed E-state index contributed by atoms with van der Waals surface area (Å²) in [6.45, 7) is 3.69. The number of hydrogen-bond donors (Lipinski definition) is 1. The maximum Gasteiger partial charge on any atom is 0.138 e. The van der Waals surface area contributed by atoms with Gasteiger partial charge in [0.15, 0.2) is 0 Å². The number of para-hydroxylation sites is 1. The second-order valence-electron chi connectivity index (χ2n) is 2.52. The van der Waals surface area contributed by atoms with Gasteiger partial charge in [0.05, 0.1) is 0 Å². The summed E-state index contributed by atoms with van der Waals surface area (Å²) in [5.41, 5.74) is 2.24. The van der Waals surface area contributed by atoms with Crippen molar-refractivity contribution in [3.05, 3.63) is 42.6 Å². The van der Waals surface area contributed by atoms with E-state index in [0.717, 1.165) is 5.69 Å². The predicted molar refractivity (Wildman–Crippen MR) is 57.4 cm³/mol. The van der Waals surface area contributed by atoms with Crippen LogP contribution in [0.3, 0.4) is 0 Å². The van der Waals surface area contributed by atoms with Gasteiger partial charge in [-0.15, -0.1) is 0 Å². The Morgan fingerprint density at radius 3 is 2.62 bits per heavy atom. The molecule has 1 aromatic heterocycles. The molecule has 2 nitrogen and oxygen atoms in total. The molecule has 13 heavy (non-hydrogen) atoms. The molecule has 66 valence electrons. The monoisotopic (exact) mass is 191 g/mol. The van der Waals surface area contributed by atoms with Crippen molar-refractivity contribution in [2.75, 3.05) is 0 Å². The first-order valence-corrected chi connectivity index (χ1v) is 4.21. The SMILES string of the molecule is C=Cc1cc2ccccc2[nH]1.O=P. The Morgan fingerprint density at radius 2 is 2.00 bits per heavy atom. The molecule has 2 rings (SSSR count). The zero-order valence-corrected chi connectivity index (χ0v) is 8.08. The molecule has 0 spiro atoms. The number of benzene rings is 1. The van der Waals surface area contributed by atoms with Crippen LogP contribution in [0.1, 0.15) is 5.69 Å². The maximum absolute atomic E-state index is 8.06. The third kappa shape index (κ3) is 2.04. The fraction of sp³-hybridized carbons (Fsp3) is 0. The van der Waals surface area contributed by atoms with Crippen molar-refractivity contribution in [2.45, 2.75) is 0 Å². The van der Waals surface area contributed by atoms with E-state index in [9.17, 15) is 0 Å². The van der Waals surface area contributed by atoms with Crippen molar-refractivity contribution in [3.8, 4) is 0 Å². The lowest BCUT2D eigenvalue weighted by molar-refractivity contribution is 0.607. The smallest absolute Gasteiger partial charge is 0.138 e. The van der Waals surface area contributed by atoms with Crippen LogP contribution in [0, 0.1) is 0 Å². The van der Waals surface area contributed by atoms with E-state index in [1.54, 1.807) is 9.12 Å². The van der Waals surface area contributed by atoms with E-state index in [-0.39, 0.29) is 0 Å². The Balaban J connectivity index is 0.000000396. The Labute approximate surface area is 78.9 Å². The average Bonchev–Trinajstić information content (AvgIpc) is 2.63. The first-order chi connectivity index (χ1) is 6.40. The normalized spacial score (nSPS) is 8.92. The van der Waals surface area contributed by atoms with Crippen LogP contribution in [0.25, 0.3) is 17.0 Å². The topological polar surface area (TPSA) is 32.9 Å². The van der Waals surface area contributed by atoms with E-state index < -0.39 is 0 Å². The van der Waals surface area contributed by atoms with Gasteiger partial charge in [-0.05, 0) is 23.6 Å². The van der Waals surface area contributed by atoms with Crippen molar-refractivity contribution in [1.29, 1.82) is 0 Å². The Bertz CT molecular complexity index is 375. The van der Waals surface area contributed by atoms with Crippen molar-refractivity contribution in [2.24, 2.45) is 0 Å². The molecule has 0 bridgehead atoms. The number of hydrogen-bond acceptors (Lipinski definition) is 1. The highest BCUT2D eigenvalue weighted by atomic mass is 31.0. The van der Waals surface area contributed by atoms with Crippen LogP contribution < -0.4 is 0 Å². The molecule has 0 amide bonds. The number of fused-ring (bicyclic) bond motifs is 1. The summed E-state index contributed by atoms with van der Waals surface area (Å²) in [6, 6.07) is 10.3. The molecule has 0 unspecified atom stereocenters. The maximum atomic E-state index is 8.06. The molecule has 1 aromatic carbocycles. The van der Waals surface area contributed by atoms with Crippen molar-refractivity contribution >= 4 is 26.1 Å². The molecule has 0 saturated carbocycles. The van der Waals surface area contributed by atoms with Gasteiger partial charge in [-0.1, -0.05) is 24.8 Å². The highest BCUT2D eigenvalue weighted by Gasteiger charge is 1.93. The summed E-state index contributed by atoms with van der Waals surface area (Å²) in [5, 5.41) is 1.24. The van der Waals surface area contributed by atoms with E-state index in [0.29, 0.717) is 0 Å². The van der Waals surface area contributed by atoms with Gasteiger partial charge < -0.3 is 4.98 Å². The van der Waals surface area contributed by atoms with E-state index in [1.807, 2.05) is 18.2 Å². The summed E-state index contributed by atoms with van der Waals surface area (Å²) in [4.78, 5) is 3.23. The van der Waals surface area contributed by atoms with Crippen LogP contribution in [0.4, 0.5) is 0 Å². The molecule has 0 aliphatic carbocycles. The molecule has 0 fully saturated rings. The Kier molecular flexibility index (Phi) is 3.41. The molecule has 0 radical (unpaired) electrons. The number of aromatic amines is 1. The minimum absolute atomic E-state index is 1.08. The third-order valence-corrected chi connectivity index (χ3v) is 1.77. The van der Waals surface area contributed by atoms with Crippen LogP contribution >= 0.6 is 9.12 Å². The molecule has 2 aromatic rings. The minimum Gasteiger partial charge on any atom is -0.355 e. The quantitative estimate of drug-likeness (QED) is 0.689. The van der Waals surface area contributed by atoms with Gasteiger partial charge in [-0.25, -0.2) is 0 Å². The van der Waals surface area contributed by atoms with Crippen LogP contribution in [0.15, 0.2) is 36.9 Å². The summed E-state index contributed by atoms with van der Waals surface area (Å²) < 4.78 is 8.06. The molecule has 0 atom stereocenters. The van der Waals surface area contributed by atoms with Crippen LogP contribution in [0.5, 0.6) is 0 Å². The molecule has 0 aliphatic rings. The summed E-state index contributed by atoms with van der Waals surface area (Å²) >= 11 is 0. The number of H-pyrrole nitrogens is 1. The Morgan fingerprint density at radius 1 is 1.31 bits per heavy atom. The molecule has 1 heterocycles. The van der Waals surface area contributed by atoms with Gasteiger partial charge >= 0.3 is 0 Å². The van der Waals surface area contributed by atoms with E-state index in [2.05, 4.69) is 29.8 Å². The van der Waals surface area contributed by atoms with E-state index in [4.69, 9.17) is 4.57 Å². The lowest BCUT2D eigenvalue weighted by Crippen LogP contribution is -1.65. The van der Waals surface area contributed by atoms with Gasteiger partial charge in [0, 0.05) is 11.2 Å². The Hall–Kier alpha value is -1.40. The third-order valence-electron chi connectivity index (χ3n) is 1.77. The molecular weight excluding hydrogens is 181 g/mol. The molecular formula is C10H10NOP. The molecule has 0 saturated heterocycles. The zero-order valence-electron chi connectivity index (χ0n) is 7.08. The second-order valence-corrected chi connectivity index (χ2v) is 2.52. The fourth-order valence-electron chi connectivity index (χ4n) is 1.21. The van der Waals surface area contributed by atoms with Crippen molar-refractivity contribution in [3.63, 3.8) is 0 Å². The van der Waals surface area contributed by atoms with Crippen molar-refractivity contribution < 1.29 is 4.57 Å². The highest BCUT2D eigenvalue weighted by Crippen LogP contribution is 2.14. The number of nitrogens with one attached hydrogen (secondary N) is 1. The number of aromatic nitrogens is 1. The van der Waals surface area contributed by atoms with E-state index in [1.165, 1.54) is 10.9 Å². The zero-order chi connectivity index (χ0) is 9.68. The molecule has 3 heteroatoms. The van der Waals surface area contributed by atoms with Crippen molar-refractivity contribution in [1.82, 2.24) is 4.98 Å². The van der Waals surface area contributed by atoms with Crippen LogP contribution in [0.2, 0.25) is 0 Å². The summed E-state index contributed by atoms with van der Waals surface area (Å²) in [5.74, 6) is 0. The van der Waals surface area contributed by atoms with Gasteiger partial charge in [0.25, 0.3) is 0 Å². The first-order valence-electron chi connectivity index (χ1n) is 3.81. The van der Waals surface area contributed by atoms with Crippen LogP contribution in [-0.4, -0.2) is 4.98 Å². The standard InChI is InChI=1S/C10H9N.HOP/c1-2-9-7-8-5-3-4-6-10(8)11-9;1-2/h2-7,11H,1H2;2H. The largest absolute Gasteiger partial charge is 0.355 e. The first kappa shape index (κ1) is 9.69. The average molecular weight is 191 g/mol. The minimum atomic E-state index is 1.08. The lowest BCUT2D eigenvalue weighted by atomic mass is 10.2. The highest BCUT2D eigenvalue weighted by molar-refractivity contribution is 7.00. The molecule has 1 N–H and O–H groups in total. The van der Waals surface area contributed by atoms with Gasteiger partial charge in [0.1, 0.15) is 9.12 Å². The second kappa shape index (κ2) is 4.58. The van der Waals surface area contributed by atoms with Gasteiger partial charge in [-0.3, -0.25) is 4.57 Å². The molecule has 0 aliphatic heterocycles. The van der Waals surface area contributed by atoms with Crippen LogP contribution in [-0.2, 0) is 4.57 Å². The summed E-state index contributed by atoms with van der Waals surface area (Å²) in [6.07, 6.45) is 1.82. The predicted octanol–water partition coefficient (Wildman–Crippen LogP) is 3.29. The lowest BCUT2D eigenvalue weighted by Gasteiger charge is -1.83. The summed E-state index contributed by atoms with van der Waals surface area (Å²) in [7, 11) is 1.72. The number of rotatable bonds is 1.